The van der Waals surface area contributed by atoms with Crippen LogP contribution in [0, 0.1) is 43.8 Å². The third kappa shape index (κ3) is 11.2. The second-order valence-electron chi connectivity index (χ2n) is 22.7. The van der Waals surface area contributed by atoms with Crippen LogP contribution in [0.5, 0.6) is 0 Å². The third-order valence-electron chi connectivity index (χ3n) is 13.6. The Morgan fingerprint density at radius 1 is 0.704 bits per heavy atom. The van der Waals surface area contributed by atoms with E-state index >= 15 is 0 Å². The Labute approximate surface area is 367 Å². The molecule has 54 heavy (non-hydrogen) atoms. The van der Waals surface area contributed by atoms with E-state index < -0.39 is 11.6 Å². The normalized spacial score (nSPS) is 46.1. The van der Waals surface area contributed by atoms with Crippen LogP contribution in [0.2, 0.25) is 0 Å². The van der Waals surface area contributed by atoms with E-state index in [1.54, 1.807) is 19.3 Å². The van der Waals surface area contributed by atoms with Crippen LogP contribution in [0.15, 0.2) is 0 Å². The van der Waals surface area contributed by atoms with Gasteiger partial charge in [-0.05, 0) is 163 Å². The van der Waals surface area contributed by atoms with Crippen molar-refractivity contribution in [3.8, 4) is 0 Å². The van der Waals surface area contributed by atoms with Gasteiger partial charge >= 0.3 is 30.9 Å². The zero-order chi connectivity index (χ0) is 38.4. The molecule has 0 unspecified atom stereocenters. The van der Waals surface area contributed by atoms with Crippen molar-refractivity contribution >= 4 is 59.5 Å². The molecule has 1 amide bonds. The molecule has 11 heteroatoms. The molecule has 0 saturated heterocycles. The van der Waals surface area contributed by atoms with E-state index in [0.717, 1.165) is 71.4 Å². The van der Waals surface area contributed by atoms with Crippen LogP contribution >= 0.6 is 47.4 Å². The standard InChI is InChI=1S/C11H19NO2.C7H10O2.C6H9I.C6H11N.C5H6.C4H10O.C4H9.2ClH.Li/c1-9(2,3)14-8(13)12-11-5-10(4,6-11)7-11;1-6-2-7(3-6,4-6)5(8)9;2*1-5-2-6(7,3-5)4-5;1-4-2-5(1,4)3-4;1-3-5-4-2;1-4(2)3;;;/h5-7H2,1-4H3,(H,12,13);2-4H2,1H3,(H,8,9);2-4H2,1H3;2-4,7H2,1H3;1-3H2;3-4H2,1-2H3;1-3H3;2*1H;/q;;;;;;-1;;;+1. The van der Waals surface area contributed by atoms with Gasteiger partial charge in [0.1, 0.15) is 5.60 Å². The molecule has 15 saturated carbocycles. The largest absolute Gasteiger partial charge is 1.00 e. The predicted molar refractivity (Wildman–Crippen MR) is 229 cm³/mol. The maximum atomic E-state index is 11.5. The summed E-state index contributed by atoms with van der Waals surface area (Å²) < 4.78 is 10.8. The number of carbonyl (C=O) groups is 2. The van der Waals surface area contributed by atoms with E-state index in [4.69, 9.17) is 20.3 Å². The number of nitrogens with one attached hydrogen (secondary N) is 1. The summed E-state index contributed by atoms with van der Waals surface area (Å²) in [5, 5.41) is 11.6. The summed E-state index contributed by atoms with van der Waals surface area (Å²) in [5.74, 6) is 0.839. The molecular formula is C43H76Cl2ILiN2O5. The molecule has 0 radical (unpaired) electrons. The minimum atomic E-state index is -0.578. The smallest absolute Gasteiger partial charge is 0.481 e. The van der Waals surface area contributed by atoms with Crippen LogP contribution in [0.25, 0.3) is 0 Å². The third-order valence-corrected chi connectivity index (χ3v) is 14.7. The number of rotatable bonds is 4. The van der Waals surface area contributed by atoms with Gasteiger partial charge in [0, 0.05) is 27.7 Å². The number of alkyl halides is 1. The fourth-order valence-corrected chi connectivity index (χ4v) is 14.6. The predicted octanol–water partition coefficient (Wildman–Crippen LogP) is 8.65. The van der Waals surface area contributed by atoms with E-state index in [9.17, 15) is 9.59 Å². The van der Waals surface area contributed by atoms with Crippen molar-refractivity contribution < 1.29 is 43.0 Å². The van der Waals surface area contributed by atoms with Crippen LogP contribution < -0.4 is 29.9 Å². The summed E-state index contributed by atoms with van der Waals surface area (Å²) in [6, 6.07) is 0. The average molecular weight is 906 g/mol. The Kier molecular flexibility index (Phi) is 15.2. The Bertz CT molecular complexity index is 1200. The molecule has 0 heterocycles. The Morgan fingerprint density at radius 3 is 1.13 bits per heavy atom. The summed E-state index contributed by atoms with van der Waals surface area (Å²) >= 11 is 2.60. The molecule has 0 aliphatic heterocycles. The van der Waals surface area contributed by atoms with E-state index in [1.165, 1.54) is 44.4 Å². The van der Waals surface area contributed by atoms with Crippen molar-refractivity contribution in [3.05, 3.63) is 5.92 Å². The quantitative estimate of drug-likeness (QED) is 0.113. The molecule has 15 aliphatic carbocycles. The first-order chi connectivity index (χ1) is 23.0. The van der Waals surface area contributed by atoms with E-state index in [1.807, 2.05) is 34.6 Å². The van der Waals surface area contributed by atoms with Gasteiger partial charge in [-0.2, -0.15) is 20.8 Å². The minimum absolute atomic E-state index is 0. The number of nitrogens with two attached hydrogens (primary N) is 1. The number of aliphatic carboxylic acids is 1. The number of carboxylic acid groups (broad SMARTS) is 1. The number of halogens is 3. The Balaban J connectivity index is 0.000000224. The molecule has 0 aromatic carbocycles. The molecule has 4 N–H and O–H groups in total. The molecule has 0 atom stereocenters. The van der Waals surface area contributed by atoms with Crippen LogP contribution in [0.4, 0.5) is 4.79 Å². The van der Waals surface area contributed by atoms with Gasteiger partial charge in [-0.1, -0.05) is 50.3 Å². The first-order valence-corrected chi connectivity index (χ1v) is 21.2. The van der Waals surface area contributed by atoms with Gasteiger partial charge in [0.15, 0.2) is 0 Å². The van der Waals surface area contributed by atoms with E-state index in [-0.39, 0.29) is 60.7 Å². The van der Waals surface area contributed by atoms with Crippen LogP contribution in [-0.2, 0) is 14.3 Å². The maximum absolute atomic E-state index is 11.5. The first-order valence-electron chi connectivity index (χ1n) is 20.1. The van der Waals surface area contributed by atoms with Crippen LogP contribution in [0.3, 0.4) is 0 Å². The SMILES string of the molecule is C1C23CC12C3.CC12CC(C(=O)O)(C1)C2.CC12CC(I)(C1)C2.CC12CC(N)(C1)C2.CC12CC(NC(=O)OC(C)(C)C)(C1)C2.CCOCC.C[C-](C)C.Cl.Cl.[Li+]. The molecule has 7 nitrogen and oxygen atoms in total. The molecule has 0 aromatic heterocycles. The van der Waals surface area contributed by atoms with Crippen molar-refractivity contribution in [1.29, 1.82) is 0 Å². The molecule has 8 bridgehead atoms. The molecule has 15 fully saturated rings. The second-order valence-corrected chi connectivity index (χ2v) is 25.0. The Morgan fingerprint density at radius 2 is 1.02 bits per heavy atom. The van der Waals surface area contributed by atoms with Gasteiger partial charge in [0.05, 0.1) is 5.41 Å². The number of hydrogen-bond donors (Lipinski definition) is 3. The van der Waals surface area contributed by atoms with Crippen molar-refractivity contribution in [3.63, 3.8) is 0 Å². The molecule has 15 rings (SSSR count). The van der Waals surface area contributed by atoms with E-state index in [2.05, 4.69) is 76.4 Å². The van der Waals surface area contributed by atoms with E-state index in [0.29, 0.717) is 21.8 Å². The fourth-order valence-electron chi connectivity index (χ4n) is 11.9. The molecule has 0 spiro atoms. The number of alkyl carbamates (subject to hydrolysis) is 1. The summed E-state index contributed by atoms with van der Waals surface area (Å²) in [6.45, 7) is 26.7. The summed E-state index contributed by atoms with van der Waals surface area (Å²) in [6.07, 6.45) is 19.1. The molecule has 0 aromatic rings. The first kappa shape index (κ1) is 50.7. The summed E-state index contributed by atoms with van der Waals surface area (Å²) in [5.41, 5.74) is 10.1. The van der Waals surface area contributed by atoms with Gasteiger partial charge < -0.3 is 31.5 Å². The van der Waals surface area contributed by atoms with Gasteiger partial charge in [-0.15, -0.1) is 24.8 Å². The number of carboxylic acids is 1. The Hall–Kier alpha value is 0.567. The molecule has 15 aliphatic rings. The number of carbonyl (C=O) groups excluding carboxylic acids is 1. The summed E-state index contributed by atoms with van der Waals surface area (Å²) in [7, 11) is 0. The minimum Gasteiger partial charge on any atom is -0.481 e. The van der Waals surface area contributed by atoms with Crippen molar-refractivity contribution in [2.75, 3.05) is 13.2 Å². The fraction of sp³-hybridized carbons (Fsp3) is 0.930. The van der Waals surface area contributed by atoms with Crippen molar-refractivity contribution in [1.82, 2.24) is 5.32 Å². The van der Waals surface area contributed by atoms with Gasteiger partial charge in [0.25, 0.3) is 0 Å². The van der Waals surface area contributed by atoms with Crippen molar-refractivity contribution in [2.45, 2.75) is 199 Å². The maximum Gasteiger partial charge on any atom is 1.00 e. The zero-order valence-corrected chi connectivity index (χ0v) is 40.2. The van der Waals surface area contributed by atoms with Gasteiger partial charge in [0.2, 0.25) is 0 Å². The van der Waals surface area contributed by atoms with Gasteiger partial charge in [-0.25, -0.2) is 4.79 Å². The zero-order valence-electron chi connectivity index (χ0n) is 36.4. The number of ether oxygens (including phenoxy) is 2. The van der Waals surface area contributed by atoms with Gasteiger partial charge in [-0.3, -0.25) is 4.79 Å². The van der Waals surface area contributed by atoms with Crippen LogP contribution in [0.1, 0.15) is 179 Å². The molecule has 310 valence electrons. The van der Waals surface area contributed by atoms with Crippen LogP contribution in [-0.4, -0.2) is 50.5 Å². The van der Waals surface area contributed by atoms with Crippen molar-refractivity contribution in [2.24, 2.45) is 43.6 Å². The topological polar surface area (TPSA) is 111 Å². The monoisotopic (exact) mass is 904 g/mol. The average Bonchev–Trinajstić information content (AvgIpc) is 3.72. The second kappa shape index (κ2) is 16.2. The number of amides is 1. The molecular weight excluding hydrogens is 829 g/mol. The summed E-state index contributed by atoms with van der Waals surface area (Å²) in [4.78, 5) is 21.9. The number of hydrogen-bond acceptors (Lipinski definition) is 5.